The van der Waals surface area contributed by atoms with Crippen LogP contribution < -0.4 is 21.9 Å². The number of nitrogen functional groups attached to an aromatic ring is 1. The number of thiophene rings is 1. The van der Waals surface area contributed by atoms with Gasteiger partial charge in [0.25, 0.3) is 5.56 Å². The second-order valence-electron chi connectivity index (χ2n) is 6.98. The van der Waals surface area contributed by atoms with E-state index in [1.807, 2.05) is 30.9 Å². The molecule has 0 fully saturated rings. The largest absolute Gasteiger partial charge is 0.383 e. The predicted octanol–water partition coefficient (Wildman–Crippen LogP) is 3.26. The fourth-order valence-electron chi connectivity index (χ4n) is 2.73. The summed E-state index contributed by atoms with van der Waals surface area (Å²) < 4.78 is 2.50. The van der Waals surface area contributed by atoms with Gasteiger partial charge in [0.2, 0.25) is 0 Å². The van der Waals surface area contributed by atoms with Crippen LogP contribution in [0.25, 0.3) is 0 Å². The first-order valence-corrected chi connectivity index (χ1v) is 9.91. The molecular weight excluding hydrogens is 404 g/mol. The lowest BCUT2D eigenvalue weighted by atomic mass is 10.2. The highest BCUT2D eigenvalue weighted by molar-refractivity contribution is 9.11. The maximum atomic E-state index is 12.5. The molecule has 0 radical (unpaired) electrons. The van der Waals surface area contributed by atoms with Gasteiger partial charge in [0.05, 0.1) is 10.3 Å². The van der Waals surface area contributed by atoms with Crippen LogP contribution in [0.3, 0.4) is 0 Å². The Morgan fingerprint density at radius 3 is 2.44 bits per heavy atom. The van der Waals surface area contributed by atoms with Gasteiger partial charge in [-0.3, -0.25) is 14.3 Å². The maximum Gasteiger partial charge on any atom is 0.330 e. The smallest absolute Gasteiger partial charge is 0.330 e. The van der Waals surface area contributed by atoms with E-state index in [4.69, 9.17) is 5.73 Å². The molecule has 2 heterocycles. The monoisotopic (exact) mass is 428 g/mol. The number of halogens is 1. The van der Waals surface area contributed by atoms with Crippen molar-refractivity contribution < 1.29 is 0 Å². The second-order valence-corrected chi connectivity index (χ2v) is 9.53. The number of nitrogens with zero attached hydrogens (tertiary/aromatic N) is 2. The van der Waals surface area contributed by atoms with Crippen LogP contribution in [-0.2, 0) is 13.1 Å². The number of nitrogens with one attached hydrogen (secondary N) is 1. The normalized spacial score (nSPS) is 11.5. The maximum absolute atomic E-state index is 12.5. The summed E-state index contributed by atoms with van der Waals surface area (Å²) in [7, 11) is 0. The van der Waals surface area contributed by atoms with Crippen molar-refractivity contribution in [1.82, 2.24) is 9.55 Å². The number of H-pyrrole nitrogens is 1. The molecular formula is C17H25BrN4O2S. The first-order chi connectivity index (χ1) is 11.7. The molecule has 6 nitrogen and oxygen atoms in total. The van der Waals surface area contributed by atoms with Crippen LogP contribution in [0.5, 0.6) is 0 Å². The third-order valence-corrected chi connectivity index (χ3v) is 5.25. The standard InChI is InChI=1S/C17H25BrN4O2S/c1-10(2)7-21(9-12-5-6-13(18)25-12)14-15(19)22(8-11(3)4)17(24)20-16(14)23/h5-6,10-11H,7-9,19H2,1-4H3,(H,20,23,24). The Balaban J connectivity index is 2.51. The van der Waals surface area contributed by atoms with Crippen molar-refractivity contribution in [3.8, 4) is 0 Å². The zero-order valence-electron chi connectivity index (χ0n) is 15.0. The van der Waals surface area contributed by atoms with Crippen LogP contribution in [0.15, 0.2) is 25.5 Å². The lowest BCUT2D eigenvalue weighted by molar-refractivity contribution is 0.506. The molecule has 0 aliphatic rings. The Labute approximate surface area is 159 Å². The summed E-state index contributed by atoms with van der Waals surface area (Å²) in [5, 5.41) is 0. The van der Waals surface area contributed by atoms with Gasteiger partial charge in [-0.2, -0.15) is 0 Å². The molecule has 0 saturated heterocycles. The average Bonchev–Trinajstić information content (AvgIpc) is 2.87. The predicted molar refractivity (Wildman–Crippen MR) is 108 cm³/mol. The second kappa shape index (κ2) is 8.23. The summed E-state index contributed by atoms with van der Waals surface area (Å²) in [6, 6.07) is 4.01. The summed E-state index contributed by atoms with van der Waals surface area (Å²) in [5.74, 6) is 0.817. The molecule has 0 amide bonds. The third-order valence-electron chi connectivity index (χ3n) is 3.64. The number of rotatable bonds is 7. The number of aromatic nitrogens is 2. The van der Waals surface area contributed by atoms with Crippen LogP contribution in [0, 0.1) is 11.8 Å². The Morgan fingerprint density at radius 2 is 1.92 bits per heavy atom. The lowest BCUT2D eigenvalue weighted by Gasteiger charge is -2.27. The molecule has 2 aromatic heterocycles. The van der Waals surface area contributed by atoms with Crippen LogP contribution >= 0.6 is 27.3 Å². The molecule has 25 heavy (non-hydrogen) atoms. The molecule has 0 aromatic carbocycles. The molecule has 0 saturated carbocycles. The number of aromatic amines is 1. The number of hydrogen-bond donors (Lipinski definition) is 2. The minimum absolute atomic E-state index is 0.235. The average molecular weight is 429 g/mol. The third kappa shape index (κ3) is 4.98. The Bertz CT molecular complexity index is 838. The minimum atomic E-state index is -0.455. The molecule has 0 atom stereocenters. The topological polar surface area (TPSA) is 84.1 Å². The number of hydrogen-bond acceptors (Lipinski definition) is 5. The van der Waals surface area contributed by atoms with Crippen molar-refractivity contribution >= 4 is 38.8 Å². The van der Waals surface area contributed by atoms with E-state index >= 15 is 0 Å². The Kier molecular flexibility index (Phi) is 6.51. The van der Waals surface area contributed by atoms with Gasteiger partial charge in [0, 0.05) is 18.0 Å². The summed E-state index contributed by atoms with van der Waals surface area (Å²) in [5.41, 5.74) is 5.75. The van der Waals surface area contributed by atoms with E-state index < -0.39 is 11.2 Å². The van der Waals surface area contributed by atoms with Crippen molar-refractivity contribution in [2.45, 2.75) is 40.8 Å². The summed E-state index contributed by atoms with van der Waals surface area (Å²) in [6.07, 6.45) is 0. The van der Waals surface area contributed by atoms with Crippen molar-refractivity contribution in [1.29, 1.82) is 0 Å². The van der Waals surface area contributed by atoms with Gasteiger partial charge in [0.15, 0.2) is 0 Å². The van der Waals surface area contributed by atoms with E-state index in [0.29, 0.717) is 31.2 Å². The van der Waals surface area contributed by atoms with Crippen molar-refractivity contribution in [2.75, 3.05) is 17.2 Å². The van der Waals surface area contributed by atoms with Gasteiger partial charge in [-0.25, -0.2) is 4.79 Å². The molecule has 0 spiro atoms. The highest BCUT2D eigenvalue weighted by atomic mass is 79.9. The SMILES string of the molecule is CC(C)CN(Cc1ccc(Br)s1)c1c(N)n(CC(C)C)c(=O)[nH]c1=O. The molecule has 0 aliphatic heterocycles. The first kappa shape index (κ1) is 19.8. The molecule has 2 rings (SSSR count). The lowest BCUT2D eigenvalue weighted by Crippen LogP contribution is -2.40. The van der Waals surface area contributed by atoms with Crippen LogP contribution in [0.4, 0.5) is 11.5 Å². The molecule has 0 unspecified atom stereocenters. The van der Waals surface area contributed by atoms with E-state index in [0.717, 1.165) is 8.66 Å². The highest BCUT2D eigenvalue weighted by Gasteiger charge is 2.21. The minimum Gasteiger partial charge on any atom is -0.383 e. The van der Waals surface area contributed by atoms with E-state index in [1.165, 1.54) is 4.57 Å². The van der Waals surface area contributed by atoms with Crippen LogP contribution in [-0.4, -0.2) is 16.1 Å². The zero-order valence-corrected chi connectivity index (χ0v) is 17.4. The van der Waals surface area contributed by atoms with Crippen molar-refractivity contribution in [3.63, 3.8) is 0 Å². The van der Waals surface area contributed by atoms with Crippen LogP contribution in [0.2, 0.25) is 0 Å². The van der Waals surface area contributed by atoms with E-state index in [1.54, 1.807) is 11.3 Å². The van der Waals surface area contributed by atoms with E-state index in [-0.39, 0.29) is 11.7 Å². The number of nitrogens with two attached hydrogens (primary N) is 1. The number of anilines is 2. The molecule has 0 bridgehead atoms. The van der Waals surface area contributed by atoms with Gasteiger partial charge in [-0.15, -0.1) is 11.3 Å². The Morgan fingerprint density at radius 1 is 1.24 bits per heavy atom. The molecule has 8 heteroatoms. The molecule has 138 valence electrons. The van der Waals surface area contributed by atoms with Gasteiger partial charge in [-0.1, -0.05) is 27.7 Å². The fraction of sp³-hybridized carbons (Fsp3) is 0.529. The van der Waals surface area contributed by atoms with Gasteiger partial charge in [0.1, 0.15) is 11.5 Å². The van der Waals surface area contributed by atoms with Crippen LogP contribution in [0.1, 0.15) is 32.6 Å². The first-order valence-electron chi connectivity index (χ1n) is 8.30. The summed E-state index contributed by atoms with van der Waals surface area (Å²) in [6.45, 7) is 9.90. The van der Waals surface area contributed by atoms with Crippen molar-refractivity contribution in [3.05, 3.63) is 41.6 Å². The van der Waals surface area contributed by atoms with Crippen molar-refractivity contribution in [2.24, 2.45) is 11.8 Å². The van der Waals surface area contributed by atoms with Gasteiger partial charge < -0.3 is 10.6 Å². The highest BCUT2D eigenvalue weighted by Crippen LogP contribution is 2.27. The molecule has 2 aromatic rings. The summed E-state index contributed by atoms with van der Waals surface area (Å²) >= 11 is 5.09. The fourth-order valence-corrected chi connectivity index (χ4v) is 4.23. The van der Waals surface area contributed by atoms with Gasteiger partial charge in [-0.05, 0) is 39.9 Å². The zero-order chi connectivity index (χ0) is 18.7. The molecule has 0 aliphatic carbocycles. The Hall–Kier alpha value is -1.54. The van der Waals surface area contributed by atoms with E-state index in [9.17, 15) is 9.59 Å². The quantitative estimate of drug-likeness (QED) is 0.708. The molecule has 3 N–H and O–H groups in total. The summed E-state index contributed by atoms with van der Waals surface area (Å²) in [4.78, 5) is 30.2. The van der Waals surface area contributed by atoms with Gasteiger partial charge >= 0.3 is 5.69 Å². The van der Waals surface area contributed by atoms with E-state index in [2.05, 4.69) is 34.8 Å².